The van der Waals surface area contributed by atoms with Gasteiger partial charge in [-0.05, 0) is 43.5 Å². The highest BCUT2D eigenvalue weighted by atomic mass is 35.5. The van der Waals surface area contributed by atoms with Crippen molar-refractivity contribution in [2.45, 2.75) is 19.5 Å². The Kier molecular flexibility index (Phi) is 5.32. The minimum Gasteiger partial charge on any atom is -0.497 e. The lowest BCUT2D eigenvalue weighted by atomic mass is 9.89. The number of methoxy groups -OCH3 is 1. The third-order valence-corrected chi connectivity index (χ3v) is 5.44. The molecule has 0 aliphatic carbocycles. The highest BCUT2D eigenvalue weighted by Crippen LogP contribution is 2.44. The van der Waals surface area contributed by atoms with Crippen LogP contribution in [-0.2, 0) is 6.54 Å². The Morgan fingerprint density at radius 2 is 1.96 bits per heavy atom. The molecule has 2 aromatic rings. The van der Waals surface area contributed by atoms with Gasteiger partial charge in [-0.2, -0.15) is 5.10 Å². The van der Waals surface area contributed by atoms with Gasteiger partial charge in [0.25, 0.3) is 0 Å². The fraction of sp³-hybridized carbons (Fsp3) is 0.556. The van der Waals surface area contributed by atoms with Gasteiger partial charge < -0.3 is 4.74 Å². The topological polar surface area (TPSA) is 57.3 Å². The first-order valence-corrected chi connectivity index (χ1v) is 8.58. The Bertz CT molecular complexity index is 704. The quantitative estimate of drug-likeness (QED) is 0.903. The summed E-state index contributed by atoms with van der Waals surface area (Å²) in [7, 11) is 3.96. The molecule has 4 rings (SSSR count). The zero-order valence-corrected chi connectivity index (χ0v) is 15.8. The van der Waals surface area contributed by atoms with Gasteiger partial charge in [0.05, 0.1) is 13.7 Å². The molecule has 2 aliphatic heterocycles. The van der Waals surface area contributed by atoms with Gasteiger partial charge in [0.1, 0.15) is 11.6 Å². The first-order valence-electron chi connectivity index (χ1n) is 8.58. The van der Waals surface area contributed by atoms with E-state index in [0.29, 0.717) is 12.0 Å². The highest BCUT2D eigenvalue weighted by Gasteiger charge is 2.46. The zero-order valence-electron chi connectivity index (χ0n) is 15.0. The SMILES string of the molecule is COc1ccc([C@H]2[C@@H]3CN(Cc4n[nH]c(C)n4)C[C@@H]3CN2C)cc1.Cl. The fourth-order valence-electron chi connectivity index (χ4n) is 4.44. The Balaban J connectivity index is 0.00000182. The van der Waals surface area contributed by atoms with E-state index in [1.807, 2.05) is 6.92 Å². The average molecular weight is 364 g/mol. The molecule has 6 nitrogen and oxygen atoms in total. The predicted molar refractivity (Wildman–Crippen MR) is 99.0 cm³/mol. The standard InChI is InChI=1S/C18H25N5O.ClH/c1-12-19-17(21-20-12)11-23-9-14-8-22(2)18(16(14)10-23)13-4-6-15(24-3)7-5-13;/h4-7,14,16,18H,8-11H2,1-3H3,(H,19,20,21);1H/t14-,16+,18-;/m0./s1. The number of aromatic nitrogens is 3. The number of ether oxygens (including phenoxy) is 1. The molecule has 2 aliphatic rings. The molecule has 0 radical (unpaired) electrons. The zero-order chi connectivity index (χ0) is 16.7. The lowest BCUT2D eigenvalue weighted by molar-refractivity contribution is 0.222. The maximum Gasteiger partial charge on any atom is 0.164 e. The van der Waals surface area contributed by atoms with E-state index in [4.69, 9.17) is 4.74 Å². The Morgan fingerprint density at radius 1 is 1.20 bits per heavy atom. The second kappa shape index (κ2) is 7.32. The number of aryl methyl sites for hydroxylation is 1. The Labute approximate surface area is 155 Å². The van der Waals surface area contributed by atoms with Gasteiger partial charge in [-0.15, -0.1) is 12.4 Å². The van der Waals surface area contributed by atoms with Crippen LogP contribution >= 0.6 is 12.4 Å². The number of nitrogens with one attached hydrogen (secondary N) is 1. The van der Waals surface area contributed by atoms with Crippen molar-refractivity contribution in [3.63, 3.8) is 0 Å². The lowest BCUT2D eigenvalue weighted by Crippen LogP contribution is -2.29. The summed E-state index contributed by atoms with van der Waals surface area (Å²) in [6.07, 6.45) is 0. The third-order valence-electron chi connectivity index (χ3n) is 5.44. The van der Waals surface area contributed by atoms with Crippen molar-refractivity contribution in [1.82, 2.24) is 25.0 Å². The minimum absolute atomic E-state index is 0. The smallest absolute Gasteiger partial charge is 0.164 e. The van der Waals surface area contributed by atoms with Crippen LogP contribution in [0, 0.1) is 18.8 Å². The molecule has 7 heteroatoms. The number of nitrogens with zero attached hydrogens (tertiary/aromatic N) is 4. The number of aromatic amines is 1. The van der Waals surface area contributed by atoms with Crippen LogP contribution in [0.15, 0.2) is 24.3 Å². The normalized spacial score (nSPS) is 26.4. The van der Waals surface area contributed by atoms with Gasteiger partial charge in [-0.25, -0.2) is 4.98 Å². The van der Waals surface area contributed by atoms with Crippen molar-refractivity contribution in [1.29, 1.82) is 0 Å². The van der Waals surface area contributed by atoms with Crippen LogP contribution < -0.4 is 4.74 Å². The Hall–Kier alpha value is -1.63. The van der Waals surface area contributed by atoms with Gasteiger partial charge in [-0.3, -0.25) is 14.9 Å². The first kappa shape index (κ1) is 18.2. The number of fused-ring (bicyclic) bond motifs is 1. The van der Waals surface area contributed by atoms with Gasteiger partial charge in [0, 0.05) is 25.7 Å². The first-order chi connectivity index (χ1) is 11.6. The molecule has 3 heterocycles. The van der Waals surface area contributed by atoms with Crippen molar-refractivity contribution >= 4 is 12.4 Å². The summed E-state index contributed by atoms with van der Waals surface area (Å²) in [6.45, 7) is 6.19. The number of benzene rings is 1. The number of rotatable bonds is 4. The van der Waals surface area contributed by atoms with Crippen molar-refractivity contribution in [3.05, 3.63) is 41.5 Å². The molecular weight excluding hydrogens is 338 g/mol. The van der Waals surface area contributed by atoms with Gasteiger partial charge >= 0.3 is 0 Å². The molecule has 2 saturated heterocycles. The maximum atomic E-state index is 5.29. The van der Waals surface area contributed by atoms with E-state index in [-0.39, 0.29) is 12.4 Å². The molecule has 0 spiro atoms. The maximum absolute atomic E-state index is 5.29. The molecule has 2 fully saturated rings. The number of likely N-dealkylation sites (tertiary alicyclic amines) is 2. The summed E-state index contributed by atoms with van der Waals surface area (Å²) >= 11 is 0. The molecule has 0 bridgehead atoms. The summed E-state index contributed by atoms with van der Waals surface area (Å²) in [6, 6.07) is 9.05. The monoisotopic (exact) mass is 363 g/mol. The fourth-order valence-corrected chi connectivity index (χ4v) is 4.44. The van der Waals surface area contributed by atoms with Gasteiger partial charge in [-0.1, -0.05) is 12.1 Å². The molecule has 0 amide bonds. The van der Waals surface area contributed by atoms with E-state index in [0.717, 1.165) is 49.5 Å². The van der Waals surface area contributed by atoms with E-state index < -0.39 is 0 Å². The summed E-state index contributed by atoms with van der Waals surface area (Å²) < 4.78 is 5.29. The molecule has 25 heavy (non-hydrogen) atoms. The van der Waals surface area contributed by atoms with Crippen molar-refractivity contribution in [2.75, 3.05) is 33.8 Å². The summed E-state index contributed by atoms with van der Waals surface area (Å²) in [5, 5.41) is 7.22. The molecule has 0 saturated carbocycles. The molecule has 1 aromatic carbocycles. The molecule has 136 valence electrons. The van der Waals surface area contributed by atoms with E-state index in [9.17, 15) is 0 Å². The highest BCUT2D eigenvalue weighted by molar-refractivity contribution is 5.85. The van der Waals surface area contributed by atoms with Crippen molar-refractivity contribution < 1.29 is 4.74 Å². The largest absolute Gasteiger partial charge is 0.497 e. The van der Waals surface area contributed by atoms with E-state index in [1.54, 1.807) is 7.11 Å². The number of halogens is 1. The van der Waals surface area contributed by atoms with Crippen LogP contribution in [0.4, 0.5) is 0 Å². The van der Waals surface area contributed by atoms with Crippen LogP contribution in [-0.4, -0.2) is 58.8 Å². The number of hydrogen-bond donors (Lipinski definition) is 1. The Morgan fingerprint density at radius 3 is 2.60 bits per heavy atom. The van der Waals surface area contributed by atoms with Crippen molar-refractivity contribution in [3.8, 4) is 5.75 Å². The lowest BCUT2D eigenvalue weighted by Gasteiger charge is -2.26. The molecule has 3 atom stereocenters. The number of H-pyrrole nitrogens is 1. The van der Waals surface area contributed by atoms with Gasteiger partial charge in [0.15, 0.2) is 5.82 Å². The van der Waals surface area contributed by atoms with Crippen LogP contribution in [0.25, 0.3) is 0 Å². The van der Waals surface area contributed by atoms with Crippen LogP contribution in [0.2, 0.25) is 0 Å². The van der Waals surface area contributed by atoms with Crippen LogP contribution in [0.5, 0.6) is 5.75 Å². The molecule has 1 aromatic heterocycles. The third kappa shape index (κ3) is 3.52. The van der Waals surface area contributed by atoms with E-state index in [1.165, 1.54) is 5.56 Å². The second-order valence-electron chi connectivity index (χ2n) is 7.11. The molecular formula is C18H26ClN5O. The number of hydrogen-bond acceptors (Lipinski definition) is 5. The summed E-state index contributed by atoms with van der Waals surface area (Å²) in [5.41, 5.74) is 1.39. The average Bonchev–Trinajstić information content (AvgIpc) is 3.22. The second-order valence-corrected chi connectivity index (χ2v) is 7.11. The van der Waals surface area contributed by atoms with Crippen molar-refractivity contribution in [2.24, 2.45) is 11.8 Å². The van der Waals surface area contributed by atoms with Crippen LogP contribution in [0.3, 0.4) is 0 Å². The minimum atomic E-state index is 0. The van der Waals surface area contributed by atoms with Crippen LogP contribution in [0.1, 0.15) is 23.3 Å². The molecule has 0 unspecified atom stereocenters. The van der Waals surface area contributed by atoms with Gasteiger partial charge in [0.2, 0.25) is 0 Å². The predicted octanol–water partition coefficient (Wildman–Crippen LogP) is 2.28. The summed E-state index contributed by atoms with van der Waals surface area (Å²) in [4.78, 5) is 9.45. The van der Waals surface area contributed by atoms with E-state index in [2.05, 4.69) is 56.3 Å². The molecule has 1 N–H and O–H groups in total. The summed E-state index contributed by atoms with van der Waals surface area (Å²) in [5.74, 6) is 4.11. The van der Waals surface area contributed by atoms with E-state index >= 15 is 0 Å².